The molecule has 0 amide bonds. The Morgan fingerprint density at radius 1 is 1.80 bits per heavy atom. The average molecular weight is 179 g/mol. The van der Waals surface area contributed by atoms with Gasteiger partial charge in [-0.05, 0) is 0 Å². The van der Waals surface area contributed by atoms with Gasteiger partial charge in [-0.1, -0.05) is 29.9 Å². The molecule has 0 bridgehead atoms. The van der Waals surface area contributed by atoms with Crippen molar-refractivity contribution in [1.29, 1.82) is 0 Å². The van der Waals surface area contributed by atoms with Gasteiger partial charge in [0.25, 0.3) is 0 Å². The number of rotatable bonds is 2. The van der Waals surface area contributed by atoms with E-state index in [4.69, 9.17) is 11.6 Å². The molecule has 0 aliphatic carbocycles. The number of thioether (sulfide) groups is 1. The molecule has 1 N–H and O–H groups in total. The van der Waals surface area contributed by atoms with Gasteiger partial charge in [0.1, 0.15) is 0 Å². The van der Waals surface area contributed by atoms with E-state index in [9.17, 15) is 0 Å². The van der Waals surface area contributed by atoms with Crippen molar-refractivity contribution < 1.29 is 0 Å². The number of amidine groups is 1. The van der Waals surface area contributed by atoms with Crippen LogP contribution in [0.1, 0.15) is 0 Å². The van der Waals surface area contributed by atoms with Crippen molar-refractivity contribution >= 4 is 28.5 Å². The Bertz CT molecular complexity index is 145. The van der Waals surface area contributed by atoms with E-state index in [2.05, 4.69) is 16.9 Å². The zero-order chi connectivity index (χ0) is 7.98. The summed E-state index contributed by atoms with van der Waals surface area (Å²) in [4.78, 5) is 3.95. The number of hydrogen-bond acceptors (Lipinski definition) is 2. The third-order valence-electron chi connectivity index (χ3n) is 0.782. The summed E-state index contributed by atoms with van der Waals surface area (Å²) in [6, 6.07) is 0. The number of nitrogens with zero attached hydrogens (tertiary/aromatic N) is 1. The lowest BCUT2D eigenvalue weighted by molar-refractivity contribution is 1.18. The Morgan fingerprint density at radius 2 is 2.40 bits per heavy atom. The van der Waals surface area contributed by atoms with Gasteiger partial charge < -0.3 is 5.32 Å². The molecular formula is C6H11ClN2S. The molecule has 0 heterocycles. The molecule has 0 aromatic rings. The van der Waals surface area contributed by atoms with E-state index >= 15 is 0 Å². The van der Waals surface area contributed by atoms with Gasteiger partial charge in [-0.3, -0.25) is 4.99 Å². The number of aliphatic imine (C=N–C) groups is 1. The third-order valence-corrected chi connectivity index (χ3v) is 2.23. The highest BCUT2D eigenvalue weighted by Gasteiger charge is 1.95. The van der Waals surface area contributed by atoms with Crippen molar-refractivity contribution in [3.63, 3.8) is 0 Å². The van der Waals surface area contributed by atoms with Gasteiger partial charge in [-0.25, -0.2) is 0 Å². The lowest BCUT2D eigenvalue weighted by atomic mass is 10.7. The van der Waals surface area contributed by atoms with Crippen molar-refractivity contribution in [3.05, 3.63) is 11.6 Å². The van der Waals surface area contributed by atoms with Crippen LogP contribution in [0.25, 0.3) is 0 Å². The average Bonchev–Trinajstić information content (AvgIpc) is 1.90. The minimum Gasteiger partial charge on any atom is -0.368 e. The SMILES string of the molecule is C=C(Cl)CSC(=NC)NC. The van der Waals surface area contributed by atoms with Crippen LogP contribution in [0.3, 0.4) is 0 Å². The van der Waals surface area contributed by atoms with Crippen LogP contribution in [0.2, 0.25) is 0 Å². The van der Waals surface area contributed by atoms with Crippen LogP contribution >= 0.6 is 23.4 Å². The minimum atomic E-state index is 0.640. The second-order valence-electron chi connectivity index (χ2n) is 1.58. The lowest BCUT2D eigenvalue weighted by Gasteiger charge is -2.01. The summed E-state index contributed by atoms with van der Waals surface area (Å²) in [7, 11) is 3.56. The zero-order valence-corrected chi connectivity index (χ0v) is 7.72. The molecule has 58 valence electrons. The summed E-state index contributed by atoms with van der Waals surface area (Å²) in [5.74, 6) is 0.703. The van der Waals surface area contributed by atoms with E-state index in [0.29, 0.717) is 10.8 Å². The van der Waals surface area contributed by atoms with E-state index in [1.54, 1.807) is 7.05 Å². The molecule has 0 atom stereocenters. The van der Waals surface area contributed by atoms with Gasteiger partial charge in [-0.15, -0.1) is 0 Å². The zero-order valence-electron chi connectivity index (χ0n) is 6.15. The molecule has 0 saturated carbocycles. The fraction of sp³-hybridized carbons (Fsp3) is 0.500. The van der Waals surface area contributed by atoms with Gasteiger partial charge in [0.05, 0.1) is 0 Å². The highest BCUT2D eigenvalue weighted by Crippen LogP contribution is 2.09. The first-order chi connectivity index (χ1) is 4.70. The van der Waals surface area contributed by atoms with Crippen molar-refractivity contribution in [1.82, 2.24) is 5.32 Å². The quantitative estimate of drug-likeness (QED) is 0.514. The molecule has 0 rings (SSSR count). The monoisotopic (exact) mass is 178 g/mol. The summed E-state index contributed by atoms with van der Waals surface area (Å²) in [6.45, 7) is 3.56. The molecule has 0 aliphatic rings. The molecule has 2 nitrogen and oxygen atoms in total. The third kappa shape index (κ3) is 4.70. The highest BCUT2D eigenvalue weighted by molar-refractivity contribution is 8.14. The van der Waals surface area contributed by atoms with Gasteiger partial charge in [0.2, 0.25) is 0 Å². The Morgan fingerprint density at radius 3 is 2.70 bits per heavy atom. The van der Waals surface area contributed by atoms with Crippen LogP contribution in [0.15, 0.2) is 16.6 Å². The van der Waals surface area contributed by atoms with Crippen molar-refractivity contribution in [3.8, 4) is 0 Å². The van der Waals surface area contributed by atoms with Crippen LogP contribution in [-0.2, 0) is 0 Å². The Hall–Kier alpha value is -0.150. The van der Waals surface area contributed by atoms with Crippen molar-refractivity contribution in [2.45, 2.75) is 0 Å². The fourth-order valence-electron chi connectivity index (χ4n) is 0.395. The Kier molecular flexibility index (Phi) is 5.54. The van der Waals surface area contributed by atoms with Crippen LogP contribution < -0.4 is 5.32 Å². The normalized spacial score (nSPS) is 11.3. The largest absolute Gasteiger partial charge is 0.368 e. The molecule has 0 fully saturated rings. The van der Waals surface area contributed by atoms with Crippen molar-refractivity contribution in [2.75, 3.05) is 19.8 Å². The Labute approximate surface area is 70.7 Å². The van der Waals surface area contributed by atoms with E-state index in [0.717, 1.165) is 5.17 Å². The van der Waals surface area contributed by atoms with Gasteiger partial charge >= 0.3 is 0 Å². The molecule has 0 aromatic carbocycles. The van der Waals surface area contributed by atoms with Crippen LogP contribution in [0.4, 0.5) is 0 Å². The van der Waals surface area contributed by atoms with Crippen LogP contribution in [0.5, 0.6) is 0 Å². The van der Waals surface area contributed by atoms with Crippen LogP contribution in [0, 0.1) is 0 Å². The predicted molar refractivity (Wildman–Crippen MR) is 49.9 cm³/mol. The van der Waals surface area contributed by atoms with E-state index in [-0.39, 0.29) is 0 Å². The molecule has 0 unspecified atom stereocenters. The van der Waals surface area contributed by atoms with E-state index in [1.165, 1.54) is 11.8 Å². The molecule has 0 spiro atoms. The smallest absolute Gasteiger partial charge is 0.156 e. The lowest BCUT2D eigenvalue weighted by Crippen LogP contribution is -2.14. The highest BCUT2D eigenvalue weighted by atomic mass is 35.5. The summed E-state index contributed by atoms with van der Waals surface area (Å²) < 4.78 is 0. The molecule has 4 heteroatoms. The predicted octanol–water partition coefficient (Wildman–Crippen LogP) is 1.68. The maximum absolute atomic E-state index is 5.54. The maximum atomic E-state index is 5.54. The van der Waals surface area contributed by atoms with E-state index < -0.39 is 0 Å². The molecule has 0 radical (unpaired) electrons. The summed E-state index contributed by atoms with van der Waals surface area (Å²) in [6.07, 6.45) is 0. The minimum absolute atomic E-state index is 0.640. The molecule has 0 saturated heterocycles. The first kappa shape index (κ1) is 9.85. The fourth-order valence-corrected chi connectivity index (χ4v) is 1.13. The summed E-state index contributed by atoms with van der Waals surface area (Å²) >= 11 is 7.07. The first-order valence-corrected chi connectivity index (χ1v) is 4.17. The first-order valence-electron chi connectivity index (χ1n) is 2.81. The van der Waals surface area contributed by atoms with Gasteiger partial charge in [0, 0.05) is 24.9 Å². The number of hydrogen-bond donors (Lipinski definition) is 1. The number of nitrogens with one attached hydrogen (secondary N) is 1. The molecule has 0 aromatic heterocycles. The van der Waals surface area contributed by atoms with E-state index in [1.807, 2.05) is 7.05 Å². The van der Waals surface area contributed by atoms with Crippen molar-refractivity contribution in [2.24, 2.45) is 4.99 Å². The van der Waals surface area contributed by atoms with Crippen LogP contribution in [-0.4, -0.2) is 25.0 Å². The maximum Gasteiger partial charge on any atom is 0.156 e. The summed E-state index contributed by atoms with van der Waals surface area (Å²) in [5, 5.41) is 4.44. The second-order valence-corrected chi connectivity index (χ2v) is 3.08. The second kappa shape index (κ2) is 5.62. The molecular weight excluding hydrogens is 168 g/mol. The topological polar surface area (TPSA) is 24.4 Å². The molecule has 0 aliphatic heterocycles. The van der Waals surface area contributed by atoms with Gasteiger partial charge in [0.15, 0.2) is 5.17 Å². The van der Waals surface area contributed by atoms with Gasteiger partial charge in [-0.2, -0.15) is 0 Å². The molecule has 10 heavy (non-hydrogen) atoms. The number of halogens is 1. The standard InChI is InChI=1S/C6H11ClN2S/c1-5(7)4-10-6(8-2)9-3/h1,4H2,2-3H3,(H,8,9). The Balaban J connectivity index is 3.56. The summed E-state index contributed by atoms with van der Waals surface area (Å²) in [5.41, 5.74) is 0.